The number of piperazine rings is 1. The van der Waals surface area contributed by atoms with Gasteiger partial charge < -0.3 is 19.9 Å². The lowest BCUT2D eigenvalue weighted by atomic mass is 10.1. The van der Waals surface area contributed by atoms with Gasteiger partial charge in [-0.3, -0.25) is 0 Å². The molecule has 1 aromatic carbocycles. The molecule has 0 unspecified atom stereocenters. The third-order valence-electron chi connectivity index (χ3n) is 5.22. The lowest BCUT2D eigenvalue weighted by Gasteiger charge is -2.35. The van der Waals surface area contributed by atoms with Crippen LogP contribution in [-0.4, -0.2) is 55.2 Å². The monoisotopic (exact) mass is 532 g/mol. The van der Waals surface area contributed by atoms with Crippen LogP contribution in [0.3, 0.4) is 0 Å². The number of hydrogen-bond acceptors (Lipinski definition) is 6. The second kappa shape index (κ2) is 9.47. The standard InChI is InChI=1S/C21H17Cl2F3N4O3S/c1-33-19(31)14-10-34-18-15(21(24,25)26)9-16(28-17(14)18)29-2-4-30(5-3-29)20(32)27-13-7-11(22)6-12(23)8-13/h6-10H,2-5H2,1H3,(H,27,32). The highest BCUT2D eigenvalue weighted by molar-refractivity contribution is 7.17. The van der Waals surface area contributed by atoms with Crippen molar-refractivity contribution in [1.82, 2.24) is 9.88 Å². The third-order valence-corrected chi connectivity index (χ3v) is 6.66. The Morgan fingerprint density at radius 2 is 1.74 bits per heavy atom. The quantitative estimate of drug-likeness (QED) is 0.434. The van der Waals surface area contributed by atoms with Crippen LogP contribution in [0.5, 0.6) is 0 Å². The first-order valence-electron chi connectivity index (χ1n) is 9.91. The van der Waals surface area contributed by atoms with Crippen LogP contribution in [0.1, 0.15) is 15.9 Å². The first-order chi connectivity index (χ1) is 16.1. The van der Waals surface area contributed by atoms with Gasteiger partial charge in [0.15, 0.2) is 0 Å². The van der Waals surface area contributed by atoms with Gasteiger partial charge >= 0.3 is 18.2 Å². The van der Waals surface area contributed by atoms with Gasteiger partial charge in [-0.05, 0) is 24.3 Å². The van der Waals surface area contributed by atoms with Crippen molar-refractivity contribution < 1.29 is 27.5 Å². The van der Waals surface area contributed by atoms with Gasteiger partial charge in [-0.25, -0.2) is 14.6 Å². The SMILES string of the molecule is COC(=O)c1csc2c(C(F)(F)F)cc(N3CCN(C(=O)Nc4cc(Cl)cc(Cl)c4)CC3)nc12. The molecule has 1 N–H and O–H groups in total. The van der Waals surface area contributed by atoms with Crippen molar-refractivity contribution in [1.29, 1.82) is 0 Å². The van der Waals surface area contributed by atoms with Crippen molar-refractivity contribution >= 4 is 68.3 Å². The van der Waals surface area contributed by atoms with Crippen LogP contribution in [-0.2, 0) is 10.9 Å². The van der Waals surface area contributed by atoms with Crippen molar-refractivity contribution in [3.05, 3.63) is 50.8 Å². The van der Waals surface area contributed by atoms with Gasteiger partial charge in [0.2, 0.25) is 0 Å². The molecule has 34 heavy (non-hydrogen) atoms. The summed E-state index contributed by atoms with van der Waals surface area (Å²) >= 11 is 12.7. The Bertz CT molecular complexity index is 1240. The van der Waals surface area contributed by atoms with Crippen molar-refractivity contribution in [2.24, 2.45) is 0 Å². The molecule has 3 heterocycles. The minimum atomic E-state index is -4.63. The van der Waals surface area contributed by atoms with E-state index < -0.39 is 17.7 Å². The number of hydrogen-bond donors (Lipinski definition) is 1. The molecule has 0 radical (unpaired) electrons. The number of aromatic nitrogens is 1. The van der Waals surface area contributed by atoms with E-state index in [0.29, 0.717) is 15.7 Å². The number of anilines is 2. The molecule has 2 amide bonds. The van der Waals surface area contributed by atoms with Crippen molar-refractivity contribution in [3.63, 3.8) is 0 Å². The Hall–Kier alpha value is -2.76. The number of carbonyl (C=O) groups excluding carboxylic acids is 2. The molecule has 4 rings (SSSR count). The minimum absolute atomic E-state index is 0.0203. The van der Waals surface area contributed by atoms with E-state index in [0.717, 1.165) is 24.5 Å². The van der Waals surface area contributed by atoms with Crippen molar-refractivity contribution in [2.75, 3.05) is 43.5 Å². The number of benzene rings is 1. The highest BCUT2D eigenvalue weighted by Crippen LogP contribution is 2.40. The Morgan fingerprint density at radius 1 is 1.09 bits per heavy atom. The number of thiophene rings is 1. The summed E-state index contributed by atoms with van der Waals surface area (Å²) in [5, 5.41) is 4.76. The molecule has 1 aliphatic heterocycles. The van der Waals surface area contributed by atoms with Gasteiger partial charge in [0.25, 0.3) is 0 Å². The molecule has 7 nitrogen and oxygen atoms in total. The van der Waals surface area contributed by atoms with Crippen LogP contribution >= 0.6 is 34.5 Å². The highest BCUT2D eigenvalue weighted by atomic mass is 35.5. The fraction of sp³-hybridized carbons (Fsp3) is 0.286. The van der Waals surface area contributed by atoms with Gasteiger partial charge in [0.1, 0.15) is 5.82 Å². The number of methoxy groups -OCH3 is 1. The maximum absolute atomic E-state index is 13.8. The molecule has 2 aromatic heterocycles. The van der Waals surface area contributed by atoms with Gasteiger partial charge in [-0.2, -0.15) is 13.2 Å². The van der Waals surface area contributed by atoms with Crippen LogP contribution in [0.25, 0.3) is 10.2 Å². The lowest BCUT2D eigenvalue weighted by Crippen LogP contribution is -2.50. The summed E-state index contributed by atoms with van der Waals surface area (Å²) < 4.78 is 45.8. The van der Waals surface area contributed by atoms with Crippen LogP contribution in [0, 0.1) is 0 Å². The maximum atomic E-state index is 13.8. The summed E-state index contributed by atoms with van der Waals surface area (Å²) in [6.45, 7) is 0.984. The van der Waals surface area contributed by atoms with E-state index in [1.807, 2.05) is 0 Å². The number of pyridine rings is 1. The zero-order valence-electron chi connectivity index (χ0n) is 17.6. The molecule has 0 atom stereocenters. The highest BCUT2D eigenvalue weighted by Gasteiger charge is 2.36. The Balaban J connectivity index is 1.54. The number of esters is 1. The summed E-state index contributed by atoms with van der Waals surface area (Å²) in [5.41, 5.74) is -0.516. The summed E-state index contributed by atoms with van der Waals surface area (Å²) in [6, 6.07) is 5.24. The van der Waals surface area contributed by atoms with Gasteiger partial charge in [0, 0.05) is 47.3 Å². The summed E-state index contributed by atoms with van der Waals surface area (Å²) in [7, 11) is 1.15. The molecule has 0 saturated carbocycles. The molecular formula is C21H17Cl2F3N4O3S. The smallest absolute Gasteiger partial charge is 0.417 e. The zero-order chi connectivity index (χ0) is 24.6. The molecule has 13 heteroatoms. The molecule has 0 aliphatic carbocycles. The molecular weight excluding hydrogens is 516 g/mol. The summed E-state index contributed by atoms with van der Waals surface area (Å²) in [4.78, 5) is 32.2. The predicted octanol–water partition coefficient (Wildman–Crippen LogP) is 5.76. The largest absolute Gasteiger partial charge is 0.465 e. The number of halogens is 5. The molecule has 1 saturated heterocycles. The summed E-state index contributed by atoms with van der Waals surface area (Å²) in [5.74, 6) is -0.684. The second-order valence-electron chi connectivity index (χ2n) is 7.41. The molecule has 0 bridgehead atoms. The fourth-order valence-corrected chi connectivity index (χ4v) is 5.13. The van der Waals surface area contributed by atoms with E-state index in [4.69, 9.17) is 23.2 Å². The Labute approximate surface area is 206 Å². The molecule has 0 spiro atoms. The number of rotatable bonds is 3. The number of urea groups is 1. The molecule has 1 fully saturated rings. The van der Waals surface area contributed by atoms with Gasteiger partial charge in [-0.15, -0.1) is 11.3 Å². The number of fused-ring (bicyclic) bond motifs is 1. The summed E-state index contributed by atoms with van der Waals surface area (Å²) in [6.07, 6.45) is -4.63. The fourth-order valence-electron chi connectivity index (χ4n) is 3.59. The topological polar surface area (TPSA) is 74.8 Å². The number of amides is 2. The van der Waals surface area contributed by atoms with E-state index in [9.17, 15) is 22.8 Å². The van der Waals surface area contributed by atoms with Crippen LogP contribution < -0.4 is 10.2 Å². The average molecular weight is 533 g/mol. The average Bonchev–Trinajstić information content (AvgIpc) is 3.20. The number of nitrogens with zero attached hydrogens (tertiary/aromatic N) is 3. The number of carbonyl (C=O) groups is 2. The molecule has 3 aromatic rings. The second-order valence-corrected chi connectivity index (χ2v) is 9.16. The van der Waals surface area contributed by atoms with E-state index >= 15 is 0 Å². The number of nitrogens with one attached hydrogen (secondary N) is 1. The van der Waals surface area contributed by atoms with Crippen molar-refractivity contribution in [3.8, 4) is 0 Å². The van der Waals surface area contributed by atoms with Crippen LogP contribution in [0.2, 0.25) is 10.0 Å². The molecule has 1 aliphatic rings. The normalized spacial score (nSPS) is 14.4. The molecule has 180 valence electrons. The van der Waals surface area contributed by atoms with Gasteiger partial charge in [0.05, 0.1) is 28.5 Å². The Kier molecular flexibility index (Phi) is 6.79. The lowest BCUT2D eigenvalue weighted by molar-refractivity contribution is -0.136. The van der Waals surface area contributed by atoms with E-state index in [1.54, 1.807) is 17.0 Å². The van der Waals surface area contributed by atoms with Crippen molar-refractivity contribution in [2.45, 2.75) is 6.18 Å². The Morgan fingerprint density at radius 3 is 2.32 bits per heavy atom. The minimum Gasteiger partial charge on any atom is -0.465 e. The van der Waals surface area contributed by atoms with E-state index in [-0.39, 0.29) is 53.8 Å². The predicted molar refractivity (Wildman–Crippen MR) is 125 cm³/mol. The first-order valence-corrected chi connectivity index (χ1v) is 11.5. The van der Waals surface area contributed by atoms with E-state index in [1.165, 1.54) is 16.3 Å². The van der Waals surface area contributed by atoms with Crippen LogP contribution in [0.15, 0.2) is 29.6 Å². The number of ether oxygens (including phenoxy) is 1. The third kappa shape index (κ3) is 5.01. The van der Waals surface area contributed by atoms with E-state index in [2.05, 4.69) is 15.0 Å². The number of alkyl halides is 3. The van der Waals surface area contributed by atoms with Crippen LogP contribution in [0.4, 0.5) is 29.5 Å². The first kappa shape index (κ1) is 24.4. The van der Waals surface area contributed by atoms with Gasteiger partial charge in [-0.1, -0.05) is 23.2 Å². The zero-order valence-corrected chi connectivity index (χ0v) is 19.9. The maximum Gasteiger partial charge on any atom is 0.417 e.